The standard InChI is InChI=1S/C9H13N3/c1-7-9(5-11-6-12-7)8-2-3-10-4-8/h5-6,8,10H,2-4H2,1H3. The fraction of sp³-hybridized carbons (Fsp3) is 0.556. The van der Waals surface area contributed by atoms with Gasteiger partial charge in [-0.05, 0) is 25.5 Å². The van der Waals surface area contributed by atoms with Gasteiger partial charge < -0.3 is 5.32 Å². The van der Waals surface area contributed by atoms with Gasteiger partial charge in [0.2, 0.25) is 0 Å². The summed E-state index contributed by atoms with van der Waals surface area (Å²) in [6, 6.07) is 0. The van der Waals surface area contributed by atoms with E-state index >= 15 is 0 Å². The van der Waals surface area contributed by atoms with Crippen molar-refractivity contribution in [1.29, 1.82) is 0 Å². The summed E-state index contributed by atoms with van der Waals surface area (Å²) in [7, 11) is 0. The summed E-state index contributed by atoms with van der Waals surface area (Å²) in [5, 5.41) is 3.34. The Hall–Kier alpha value is -0.960. The Kier molecular flexibility index (Phi) is 2.04. The number of rotatable bonds is 1. The monoisotopic (exact) mass is 163 g/mol. The maximum atomic E-state index is 4.18. The Balaban J connectivity index is 2.26. The minimum absolute atomic E-state index is 0.631. The summed E-state index contributed by atoms with van der Waals surface area (Å²) >= 11 is 0. The molecule has 3 nitrogen and oxygen atoms in total. The third-order valence-electron chi connectivity index (χ3n) is 2.45. The second kappa shape index (κ2) is 3.19. The SMILES string of the molecule is Cc1ncncc1C1CCNC1. The average Bonchev–Trinajstić information content (AvgIpc) is 2.57. The van der Waals surface area contributed by atoms with Crippen LogP contribution >= 0.6 is 0 Å². The summed E-state index contributed by atoms with van der Waals surface area (Å²) in [5.74, 6) is 0.631. The molecule has 2 rings (SSSR count). The molecule has 0 amide bonds. The van der Waals surface area contributed by atoms with E-state index in [1.54, 1.807) is 6.33 Å². The third kappa shape index (κ3) is 1.32. The predicted octanol–water partition coefficient (Wildman–Crippen LogP) is 0.862. The lowest BCUT2D eigenvalue weighted by atomic mass is 9.99. The van der Waals surface area contributed by atoms with E-state index in [1.165, 1.54) is 12.0 Å². The van der Waals surface area contributed by atoms with Gasteiger partial charge in [-0.25, -0.2) is 9.97 Å². The molecule has 1 unspecified atom stereocenters. The molecular formula is C9H13N3. The zero-order chi connectivity index (χ0) is 8.39. The maximum Gasteiger partial charge on any atom is 0.115 e. The van der Waals surface area contributed by atoms with Crippen molar-refractivity contribution in [2.24, 2.45) is 0 Å². The van der Waals surface area contributed by atoms with E-state index in [4.69, 9.17) is 0 Å². The van der Waals surface area contributed by atoms with Crippen LogP contribution in [0.25, 0.3) is 0 Å². The van der Waals surface area contributed by atoms with Gasteiger partial charge >= 0.3 is 0 Å². The fourth-order valence-corrected chi connectivity index (χ4v) is 1.72. The van der Waals surface area contributed by atoms with Crippen LogP contribution in [0.1, 0.15) is 23.6 Å². The molecule has 12 heavy (non-hydrogen) atoms. The highest BCUT2D eigenvalue weighted by Crippen LogP contribution is 2.22. The van der Waals surface area contributed by atoms with Crippen LogP contribution in [0.4, 0.5) is 0 Å². The van der Waals surface area contributed by atoms with E-state index < -0.39 is 0 Å². The molecule has 1 aliphatic heterocycles. The van der Waals surface area contributed by atoms with Crippen LogP contribution in [0, 0.1) is 6.92 Å². The number of aromatic nitrogens is 2. The number of hydrogen-bond acceptors (Lipinski definition) is 3. The Labute approximate surface area is 72.2 Å². The highest BCUT2D eigenvalue weighted by molar-refractivity contribution is 5.21. The van der Waals surface area contributed by atoms with Crippen LogP contribution in [-0.4, -0.2) is 23.1 Å². The summed E-state index contributed by atoms with van der Waals surface area (Å²) < 4.78 is 0. The molecule has 0 bridgehead atoms. The molecule has 3 heteroatoms. The molecule has 1 fully saturated rings. The van der Waals surface area contributed by atoms with E-state index in [9.17, 15) is 0 Å². The van der Waals surface area contributed by atoms with Crippen molar-refractivity contribution in [3.05, 3.63) is 23.8 Å². The molecule has 2 heterocycles. The van der Waals surface area contributed by atoms with Crippen molar-refractivity contribution in [1.82, 2.24) is 15.3 Å². The lowest BCUT2D eigenvalue weighted by molar-refractivity contribution is 0.743. The normalized spacial score (nSPS) is 22.9. The Morgan fingerprint density at radius 3 is 3.17 bits per heavy atom. The predicted molar refractivity (Wildman–Crippen MR) is 47.0 cm³/mol. The summed E-state index contributed by atoms with van der Waals surface area (Å²) in [4.78, 5) is 8.24. The zero-order valence-electron chi connectivity index (χ0n) is 7.25. The average molecular weight is 163 g/mol. The van der Waals surface area contributed by atoms with Gasteiger partial charge in [0.15, 0.2) is 0 Å². The molecule has 1 saturated heterocycles. The molecule has 1 atom stereocenters. The number of nitrogens with one attached hydrogen (secondary N) is 1. The lowest BCUT2D eigenvalue weighted by Crippen LogP contribution is -2.09. The van der Waals surface area contributed by atoms with Crippen molar-refractivity contribution in [3.63, 3.8) is 0 Å². The summed E-state index contributed by atoms with van der Waals surface area (Å²) in [6.07, 6.45) is 4.77. The van der Waals surface area contributed by atoms with Crippen LogP contribution < -0.4 is 5.32 Å². The van der Waals surface area contributed by atoms with Gasteiger partial charge in [-0.1, -0.05) is 0 Å². The molecule has 64 valence electrons. The van der Waals surface area contributed by atoms with E-state index in [1.807, 2.05) is 6.20 Å². The topological polar surface area (TPSA) is 37.8 Å². The van der Waals surface area contributed by atoms with Crippen molar-refractivity contribution in [2.45, 2.75) is 19.3 Å². The molecule has 0 saturated carbocycles. The number of nitrogens with zero attached hydrogens (tertiary/aromatic N) is 2. The van der Waals surface area contributed by atoms with Crippen LogP contribution in [-0.2, 0) is 0 Å². The number of aryl methyl sites for hydroxylation is 1. The Morgan fingerprint density at radius 1 is 1.58 bits per heavy atom. The van der Waals surface area contributed by atoms with Crippen LogP contribution in [0.15, 0.2) is 12.5 Å². The highest BCUT2D eigenvalue weighted by Gasteiger charge is 2.18. The minimum atomic E-state index is 0.631. The molecule has 0 aromatic carbocycles. The van der Waals surface area contributed by atoms with Crippen molar-refractivity contribution >= 4 is 0 Å². The summed E-state index contributed by atoms with van der Waals surface area (Å²) in [5.41, 5.74) is 2.43. The minimum Gasteiger partial charge on any atom is -0.316 e. The molecule has 1 N–H and O–H groups in total. The van der Waals surface area contributed by atoms with E-state index in [-0.39, 0.29) is 0 Å². The van der Waals surface area contributed by atoms with Crippen LogP contribution in [0.2, 0.25) is 0 Å². The Morgan fingerprint density at radius 2 is 2.50 bits per heavy atom. The van der Waals surface area contributed by atoms with Gasteiger partial charge in [-0.2, -0.15) is 0 Å². The van der Waals surface area contributed by atoms with Crippen LogP contribution in [0.3, 0.4) is 0 Å². The summed E-state index contributed by atoms with van der Waals surface area (Å²) in [6.45, 7) is 4.25. The third-order valence-corrected chi connectivity index (χ3v) is 2.45. The molecule has 0 radical (unpaired) electrons. The van der Waals surface area contributed by atoms with Gasteiger partial charge in [-0.15, -0.1) is 0 Å². The molecule has 1 aliphatic rings. The smallest absolute Gasteiger partial charge is 0.115 e. The lowest BCUT2D eigenvalue weighted by Gasteiger charge is -2.09. The van der Waals surface area contributed by atoms with Gasteiger partial charge in [0.1, 0.15) is 6.33 Å². The Bertz CT molecular complexity index is 266. The first kappa shape index (κ1) is 7.68. The quantitative estimate of drug-likeness (QED) is 0.667. The zero-order valence-corrected chi connectivity index (χ0v) is 7.25. The van der Waals surface area contributed by atoms with Crippen molar-refractivity contribution in [2.75, 3.05) is 13.1 Å². The van der Waals surface area contributed by atoms with Gasteiger partial charge in [-0.3, -0.25) is 0 Å². The second-order valence-electron chi connectivity index (χ2n) is 3.25. The maximum absolute atomic E-state index is 4.18. The largest absolute Gasteiger partial charge is 0.316 e. The van der Waals surface area contributed by atoms with Gasteiger partial charge in [0.25, 0.3) is 0 Å². The molecule has 1 aromatic rings. The second-order valence-corrected chi connectivity index (χ2v) is 3.25. The molecule has 1 aromatic heterocycles. The number of hydrogen-bond donors (Lipinski definition) is 1. The van der Waals surface area contributed by atoms with E-state index in [0.717, 1.165) is 18.8 Å². The van der Waals surface area contributed by atoms with Crippen LogP contribution in [0.5, 0.6) is 0 Å². The first-order valence-electron chi connectivity index (χ1n) is 4.35. The fourth-order valence-electron chi connectivity index (χ4n) is 1.72. The van der Waals surface area contributed by atoms with Gasteiger partial charge in [0.05, 0.1) is 0 Å². The first-order valence-corrected chi connectivity index (χ1v) is 4.35. The molecule has 0 aliphatic carbocycles. The van der Waals surface area contributed by atoms with Crippen molar-refractivity contribution < 1.29 is 0 Å². The van der Waals surface area contributed by atoms with Crippen molar-refractivity contribution in [3.8, 4) is 0 Å². The van der Waals surface area contributed by atoms with E-state index in [0.29, 0.717) is 5.92 Å². The molecular weight excluding hydrogens is 150 g/mol. The first-order chi connectivity index (χ1) is 5.88. The van der Waals surface area contributed by atoms with E-state index in [2.05, 4.69) is 22.2 Å². The molecule has 0 spiro atoms. The van der Waals surface area contributed by atoms with Gasteiger partial charge in [0, 0.05) is 24.4 Å². The highest BCUT2D eigenvalue weighted by atomic mass is 14.9.